The van der Waals surface area contributed by atoms with Gasteiger partial charge in [0, 0.05) is 25.6 Å². The van der Waals surface area contributed by atoms with Crippen molar-refractivity contribution in [1.29, 1.82) is 0 Å². The number of carbonyl (C=O) groups excluding carboxylic acids is 1. The maximum Gasteiger partial charge on any atom is 0.260 e. The lowest BCUT2D eigenvalue weighted by Crippen LogP contribution is -2.35. The molecule has 0 fully saturated rings. The molecule has 0 unspecified atom stereocenters. The van der Waals surface area contributed by atoms with Crippen molar-refractivity contribution in [2.24, 2.45) is 0 Å². The van der Waals surface area contributed by atoms with Gasteiger partial charge in [0.15, 0.2) is 6.61 Å². The van der Waals surface area contributed by atoms with Gasteiger partial charge in [0.1, 0.15) is 5.75 Å². The average molecular weight is 315 g/mol. The maximum absolute atomic E-state index is 12.1. The summed E-state index contributed by atoms with van der Waals surface area (Å²) in [6.45, 7) is 10.6. The first-order valence-electron chi connectivity index (χ1n) is 7.45. The number of benzene rings is 1. The molecule has 0 N–H and O–H groups in total. The number of rotatable bonds is 7. The second-order valence-corrected chi connectivity index (χ2v) is 5.32. The molecule has 6 heteroatoms. The summed E-state index contributed by atoms with van der Waals surface area (Å²) < 4.78 is 10.5. The van der Waals surface area contributed by atoms with Crippen LogP contribution in [0.2, 0.25) is 0 Å². The van der Waals surface area contributed by atoms with Crippen LogP contribution in [0.1, 0.15) is 19.7 Å². The molecule has 1 heterocycles. The second kappa shape index (κ2) is 7.58. The van der Waals surface area contributed by atoms with Crippen molar-refractivity contribution in [3.8, 4) is 17.1 Å². The fourth-order valence-electron chi connectivity index (χ4n) is 2.06. The molecule has 0 aliphatic carbocycles. The number of hydrogen-bond acceptors (Lipinski definition) is 5. The monoisotopic (exact) mass is 315 g/mol. The number of aromatic nitrogens is 2. The van der Waals surface area contributed by atoms with Crippen molar-refractivity contribution < 1.29 is 14.1 Å². The van der Waals surface area contributed by atoms with Gasteiger partial charge >= 0.3 is 0 Å². The first kappa shape index (κ1) is 16.7. The highest BCUT2D eigenvalue weighted by Crippen LogP contribution is 2.19. The molecule has 2 rings (SSSR count). The Labute approximate surface area is 135 Å². The Balaban J connectivity index is 1.93. The van der Waals surface area contributed by atoms with Crippen LogP contribution in [-0.2, 0) is 4.79 Å². The van der Waals surface area contributed by atoms with E-state index in [1.54, 1.807) is 24.0 Å². The van der Waals surface area contributed by atoms with Gasteiger partial charge in [-0.1, -0.05) is 17.3 Å². The van der Waals surface area contributed by atoms with Gasteiger partial charge in [0.05, 0.1) is 0 Å². The molecule has 23 heavy (non-hydrogen) atoms. The molecule has 0 saturated carbocycles. The topological polar surface area (TPSA) is 68.5 Å². The molecule has 0 atom stereocenters. The highest BCUT2D eigenvalue weighted by atomic mass is 16.5. The summed E-state index contributed by atoms with van der Waals surface area (Å²) in [6.07, 6.45) is 0. The van der Waals surface area contributed by atoms with Crippen LogP contribution in [0.3, 0.4) is 0 Å². The minimum Gasteiger partial charge on any atom is -0.484 e. The number of hydrogen-bond donors (Lipinski definition) is 0. The van der Waals surface area contributed by atoms with Crippen LogP contribution in [-0.4, -0.2) is 40.6 Å². The standard InChI is InChI=1S/C17H21N3O3/c1-5-20(10-12(2)3)16(21)11-22-15-8-6-14(7-9-15)17-18-13(4)23-19-17/h6-9H,2,5,10-11H2,1,3-4H3. The number of likely N-dealkylation sites (N-methyl/N-ethyl adjacent to an activating group) is 1. The molecular formula is C17H21N3O3. The van der Waals surface area contributed by atoms with Gasteiger partial charge in [0.25, 0.3) is 5.91 Å². The first-order valence-corrected chi connectivity index (χ1v) is 7.45. The molecule has 1 amide bonds. The number of carbonyl (C=O) groups is 1. The molecule has 0 aliphatic heterocycles. The summed E-state index contributed by atoms with van der Waals surface area (Å²) in [4.78, 5) is 18.0. The Hall–Kier alpha value is -2.63. The maximum atomic E-state index is 12.1. The summed E-state index contributed by atoms with van der Waals surface area (Å²) in [7, 11) is 0. The van der Waals surface area contributed by atoms with Crippen LogP contribution in [0.15, 0.2) is 40.9 Å². The van der Waals surface area contributed by atoms with E-state index in [1.165, 1.54) is 0 Å². The molecule has 122 valence electrons. The Morgan fingerprint density at radius 2 is 2.04 bits per heavy atom. The zero-order chi connectivity index (χ0) is 16.8. The minimum atomic E-state index is -0.0617. The van der Waals surface area contributed by atoms with Gasteiger partial charge in [-0.3, -0.25) is 4.79 Å². The Morgan fingerprint density at radius 1 is 1.35 bits per heavy atom. The van der Waals surface area contributed by atoms with Gasteiger partial charge in [-0.25, -0.2) is 0 Å². The van der Waals surface area contributed by atoms with Crippen LogP contribution in [0, 0.1) is 6.92 Å². The van der Waals surface area contributed by atoms with Gasteiger partial charge in [0.2, 0.25) is 11.7 Å². The summed E-state index contributed by atoms with van der Waals surface area (Å²) in [6, 6.07) is 7.22. The molecule has 2 aromatic rings. The van der Waals surface area contributed by atoms with Gasteiger partial charge in [-0.05, 0) is 38.1 Å². The summed E-state index contributed by atoms with van der Waals surface area (Å²) in [5, 5.41) is 3.86. The largest absolute Gasteiger partial charge is 0.484 e. The number of nitrogens with zero attached hydrogens (tertiary/aromatic N) is 3. The predicted octanol–water partition coefficient (Wildman–Crippen LogP) is 2.85. The van der Waals surface area contributed by atoms with E-state index in [4.69, 9.17) is 9.26 Å². The third kappa shape index (κ3) is 4.67. The fourth-order valence-corrected chi connectivity index (χ4v) is 2.06. The van der Waals surface area contributed by atoms with Gasteiger partial charge < -0.3 is 14.2 Å². The third-order valence-electron chi connectivity index (χ3n) is 3.20. The molecule has 1 aromatic heterocycles. The predicted molar refractivity (Wildman–Crippen MR) is 87.0 cm³/mol. The van der Waals surface area contributed by atoms with E-state index in [9.17, 15) is 4.79 Å². The highest BCUT2D eigenvalue weighted by Gasteiger charge is 2.12. The normalized spacial score (nSPS) is 10.4. The number of aryl methyl sites for hydroxylation is 1. The number of amides is 1. The zero-order valence-corrected chi connectivity index (χ0v) is 13.7. The lowest BCUT2D eigenvalue weighted by atomic mass is 10.2. The fraction of sp³-hybridized carbons (Fsp3) is 0.353. The van der Waals surface area contributed by atoms with E-state index in [0.29, 0.717) is 30.6 Å². The van der Waals surface area contributed by atoms with Crippen LogP contribution in [0.4, 0.5) is 0 Å². The molecular weight excluding hydrogens is 294 g/mol. The highest BCUT2D eigenvalue weighted by molar-refractivity contribution is 5.78. The van der Waals surface area contributed by atoms with E-state index in [1.807, 2.05) is 26.0 Å². The van der Waals surface area contributed by atoms with Crippen molar-refractivity contribution in [2.75, 3.05) is 19.7 Å². The molecule has 0 aliphatic rings. The van der Waals surface area contributed by atoms with E-state index in [-0.39, 0.29) is 12.5 Å². The molecule has 0 saturated heterocycles. The van der Waals surface area contributed by atoms with Crippen LogP contribution < -0.4 is 4.74 Å². The quantitative estimate of drug-likeness (QED) is 0.735. The van der Waals surface area contributed by atoms with Crippen LogP contribution >= 0.6 is 0 Å². The molecule has 0 radical (unpaired) electrons. The van der Waals surface area contributed by atoms with Crippen LogP contribution in [0.25, 0.3) is 11.4 Å². The molecule has 1 aromatic carbocycles. The van der Waals surface area contributed by atoms with E-state index in [2.05, 4.69) is 16.7 Å². The van der Waals surface area contributed by atoms with Gasteiger partial charge in [-0.2, -0.15) is 4.98 Å². The lowest BCUT2D eigenvalue weighted by molar-refractivity contribution is -0.132. The summed E-state index contributed by atoms with van der Waals surface area (Å²) >= 11 is 0. The van der Waals surface area contributed by atoms with Crippen molar-refractivity contribution in [3.63, 3.8) is 0 Å². The van der Waals surface area contributed by atoms with E-state index >= 15 is 0 Å². The first-order chi connectivity index (χ1) is 11.0. The molecule has 0 bridgehead atoms. The van der Waals surface area contributed by atoms with Crippen LogP contribution in [0.5, 0.6) is 5.75 Å². The van der Waals surface area contributed by atoms with Crippen molar-refractivity contribution in [3.05, 3.63) is 42.3 Å². The Morgan fingerprint density at radius 3 is 2.57 bits per heavy atom. The minimum absolute atomic E-state index is 0.00177. The van der Waals surface area contributed by atoms with Crippen molar-refractivity contribution >= 4 is 5.91 Å². The number of ether oxygens (including phenoxy) is 1. The summed E-state index contributed by atoms with van der Waals surface area (Å²) in [5.41, 5.74) is 1.78. The van der Waals surface area contributed by atoms with Crippen molar-refractivity contribution in [1.82, 2.24) is 15.0 Å². The average Bonchev–Trinajstić information content (AvgIpc) is 2.97. The van der Waals surface area contributed by atoms with E-state index < -0.39 is 0 Å². The Kier molecular flexibility index (Phi) is 5.51. The zero-order valence-electron chi connectivity index (χ0n) is 13.7. The SMILES string of the molecule is C=C(C)CN(CC)C(=O)COc1ccc(-c2noc(C)n2)cc1. The van der Waals surface area contributed by atoms with E-state index in [0.717, 1.165) is 11.1 Å². The smallest absolute Gasteiger partial charge is 0.260 e. The third-order valence-corrected chi connectivity index (χ3v) is 3.20. The second-order valence-electron chi connectivity index (χ2n) is 5.32. The van der Waals surface area contributed by atoms with Crippen molar-refractivity contribution in [2.45, 2.75) is 20.8 Å². The Bertz CT molecular complexity index is 677. The lowest BCUT2D eigenvalue weighted by Gasteiger charge is -2.21. The molecule has 0 spiro atoms. The van der Waals surface area contributed by atoms with Gasteiger partial charge in [-0.15, -0.1) is 0 Å². The summed E-state index contributed by atoms with van der Waals surface area (Å²) in [5.74, 6) is 1.61. The molecule has 6 nitrogen and oxygen atoms in total.